The molecule has 0 atom stereocenters. The van der Waals surface area contributed by atoms with E-state index in [1.54, 1.807) is 24.3 Å². The van der Waals surface area contributed by atoms with Crippen molar-refractivity contribution in [2.24, 2.45) is 7.05 Å². The lowest BCUT2D eigenvalue weighted by Crippen LogP contribution is -2.38. The lowest BCUT2D eigenvalue weighted by molar-refractivity contribution is 0.277. The SMILES string of the molecule is CCCCOc1cc(=O)n(C)c(=O)n1Cc1ccccc1C#N. The molecule has 23 heavy (non-hydrogen) atoms. The van der Waals surface area contributed by atoms with E-state index in [9.17, 15) is 14.9 Å². The molecule has 0 amide bonds. The number of aromatic nitrogens is 2. The molecular weight excluding hydrogens is 294 g/mol. The second-order valence-electron chi connectivity index (χ2n) is 5.22. The van der Waals surface area contributed by atoms with Gasteiger partial charge in [0, 0.05) is 7.05 Å². The predicted molar refractivity (Wildman–Crippen MR) is 86.6 cm³/mol. The molecule has 0 aliphatic carbocycles. The summed E-state index contributed by atoms with van der Waals surface area (Å²) in [4.78, 5) is 24.2. The summed E-state index contributed by atoms with van der Waals surface area (Å²) in [7, 11) is 1.42. The molecule has 0 aliphatic heterocycles. The number of hydrogen-bond donors (Lipinski definition) is 0. The van der Waals surface area contributed by atoms with Crippen LogP contribution < -0.4 is 16.0 Å². The molecule has 0 N–H and O–H groups in total. The number of ether oxygens (including phenoxy) is 1. The lowest BCUT2D eigenvalue weighted by Gasteiger charge is -2.15. The zero-order chi connectivity index (χ0) is 16.8. The molecule has 0 saturated carbocycles. The Hall–Kier alpha value is -2.81. The van der Waals surface area contributed by atoms with Gasteiger partial charge in [-0.2, -0.15) is 5.26 Å². The van der Waals surface area contributed by atoms with Crippen LogP contribution in [0.3, 0.4) is 0 Å². The third-order valence-electron chi connectivity index (χ3n) is 3.58. The Morgan fingerprint density at radius 2 is 2.00 bits per heavy atom. The van der Waals surface area contributed by atoms with Gasteiger partial charge in [0.2, 0.25) is 5.88 Å². The number of hydrogen-bond acceptors (Lipinski definition) is 4. The molecule has 6 nitrogen and oxygen atoms in total. The van der Waals surface area contributed by atoms with E-state index in [2.05, 4.69) is 6.07 Å². The number of benzene rings is 1. The number of nitriles is 1. The van der Waals surface area contributed by atoms with Crippen LogP contribution in [0.1, 0.15) is 30.9 Å². The molecule has 0 spiro atoms. The molecule has 6 heteroatoms. The first-order valence-corrected chi connectivity index (χ1v) is 7.50. The van der Waals surface area contributed by atoms with Crippen molar-refractivity contribution in [3.63, 3.8) is 0 Å². The maximum absolute atomic E-state index is 12.4. The van der Waals surface area contributed by atoms with Crippen molar-refractivity contribution < 1.29 is 4.74 Å². The van der Waals surface area contributed by atoms with Crippen LogP contribution in [0.25, 0.3) is 0 Å². The molecule has 0 aliphatic rings. The van der Waals surface area contributed by atoms with Gasteiger partial charge in [0.1, 0.15) is 0 Å². The van der Waals surface area contributed by atoms with Crippen molar-refractivity contribution in [2.75, 3.05) is 6.61 Å². The van der Waals surface area contributed by atoms with E-state index in [-0.39, 0.29) is 12.4 Å². The zero-order valence-electron chi connectivity index (χ0n) is 13.3. The Morgan fingerprint density at radius 3 is 2.70 bits per heavy atom. The van der Waals surface area contributed by atoms with Crippen LogP contribution in [-0.4, -0.2) is 15.7 Å². The average Bonchev–Trinajstić information content (AvgIpc) is 2.56. The van der Waals surface area contributed by atoms with Gasteiger partial charge < -0.3 is 4.74 Å². The van der Waals surface area contributed by atoms with Crippen LogP contribution in [0.2, 0.25) is 0 Å². The van der Waals surface area contributed by atoms with Crippen molar-refractivity contribution in [1.82, 2.24) is 9.13 Å². The van der Waals surface area contributed by atoms with Gasteiger partial charge >= 0.3 is 5.69 Å². The Kier molecular flexibility index (Phi) is 5.36. The minimum atomic E-state index is -0.461. The van der Waals surface area contributed by atoms with E-state index in [0.717, 1.165) is 17.4 Å². The quantitative estimate of drug-likeness (QED) is 0.760. The molecule has 1 heterocycles. The first kappa shape index (κ1) is 16.6. The molecular formula is C17H19N3O3. The van der Waals surface area contributed by atoms with Crippen LogP contribution in [-0.2, 0) is 13.6 Å². The summed E-state index contributed by atoms with van der Waals surface area (Å²) in [5.74, 6) is 0.235. The average molecular weight is 313 g/mol. The van der Waals surface area contributed by atoms with Crippen molar-refractivity contribution in [3.8, 4) is 11.9 Å². The summed E-state index contributed by atoms with van der Waals surface area (Å²) in [6.45, 7) is 2.64. The Balaban J connectivity index is 2.47. The van der Waals surface area contributed by atoms with Crippen LogP contribution in [0.4, 0.5) is 0 Å². The van der Waals surface area contributed by atoms with E-state index in [4.69, 9.17) is 4.74 Å². The highest BCUT2D eigenvalue weighted by Crippen LogP contribution is 2.13. The first-order chi connectivity index (χ1) is 11.1. The van der Waals surface area contributed by atoms with Gasteiger partial charge in [-0.1, -0.05) is 31.5 Å². The molecule has 2 rings (SSSR count). The Bertz CT molecular complexity index is 843. The predicted octanol–water partition coefficient (Wildman–Crippen LogP) is 1.65. The topological polar surface area (TPSA) is 77.0 Å². The monoisotopic (exact) mass is 313 g/mol. The summed E-state index contributed by atoms with van der Waals surface area (Å²) in [5.41, 5.74) is 0.326. The van der Waals surface area contributed by atoms with Crippen LogP contribution in [0.15, 0.2) is 39.9 Å². The molecule has 0 saturated heterocycles. The molecule has 0 radical (unpaired) electrons. The van der Waals surface area contributed by atoms with Gasteiger partial charge in [0.05, 0.1) is 30.9 Å². The fourth-order valence-electron chi connectivity index (χ4n) is 2.17. The van der Waals surface area contributed by atoms with E-state index in [0.29, 0.717) is 17.7 Å². The van der Waals surface area contributed by atoms with Crippen LogP contribution >= 0.6 is 0 Å². The third kappa shape index (κ3) is 3.69. The smallest absolute Gasteiger partial charge is 0.333 e. The van der Waals surface area contributed by atoms with Crippen molar-refractivity contribution in [3.05, 3.63) is 62.3 Å². The first-order valence-electron chi connectivity index (χ1n) is 7.50. The molecule has 1 aromatic carbocycles. The Labute approximate surface area is 134 Å². The fraction of sp³-hybridized carbons (Fsp3) is 0.353. The van der Waals surface area contributed by atoms with Gasteiger partial charge in [0.25, 0.3) is 5.56 Å². The van der Waals surface area contributed by atoms with E-state index >= 15 is 0 Å². The maximum Gasteiger partial charge on any atom is 0.333 e. The number of rotatable bonds is 6. The summed E-state index contributed by atoms with van der Waals surface area (Å²) >= 11 is 0. The van der Waals surface area contributed by atoms with Gasteiger partial charge in [-0.05, 0) is 18.1 Å². The molecule has 120 valence electrons. The summed E-state index contributed by atoms with van der Waals surface area (Å²) in [6.07, 6.45) is 1.78. The van der Waals surface area contributed by atoms with Crippen LogP contribution in [0.5, 0.6) is 5.88 Å². The molecule has 0 bridgehead atoms. The van der Waals surface area contributed by atoms with E-state index < -0.39 is 11.2 Å². The number of nitrogens with zero attached hydrogens (tertiary/aromatic N) is 3. The van der Waals surface area contributed by atoms with E-state index in [1.165, 1.54) is 17.7 Å². The standard InChI is InChI=1S/C17H19N3O3/c1-3-4-9-23-16-10-15(21)19(2)17(22)20(16)12-14-8-6-5-7-13(14)11-18/h5-8,10H,3-4,9,12H2,1-2H3. The second kappa shape index (κ2) is 7.45. The highest BCUT2D eigenvalue weighted by atomic mass is 16.5. The molecule has 0 unspecified atom stereocenters. The third-order valence-corrected chi connectivity index (χ3v) is 3.58. The summed E-state index contributed by atoms with van der Waals surface area (Å²) in [5, 5.41) is 9.18. The largest absolute Gasteiger partial charge is 0.479 e. The second-order valence-corrected chi connectivity index (χ2v) is 5.22. The number of unbranched alkanes of at least 4 members (excludes halogenated alkanes) is 1. The maximum atomic E-state index is 12.4. The highest BCUT2D eigenvalue weighted by molar-refractivity contribution is 5.37. The van der Waals surface area contributed by atoms with Gasteiger partial charge in [0.15, 0.2) is 0 Å². The fourth-order valence-corrected chi connectivity index (χ4v) is 2.17. The summed E-state index contributed by atoms with van der Waals surface area (Å²) < 4.78 is 8.02. The van der Waals surface area contributed by atoms with E-state index in [1.807, 2.05) is 6.92 Å². The molecule has 0 fully saturated rings. The molecule has 2 aromatic rings. The normalized spacial score (nSPS) is 10.3. The summed E-state index contributed by atoms with van der Waals surface area (Å²) in [6, 6.07) is 10.5. The van der Waals surface area contributed by atoms with Crippen molar-refractivity contribution in [1.29, 1.82) is 5.26 Å². The van der Waals surface area contributed by atoms with Crippen molar-refractivity contribution in [2.45, 2.75) is 26.3 Å². The zero-order valence-corrected chi connectivity index (χ0v) is 13.3. The minimum absolute atomic E-state index is 0.179. The lowest BCUT2D eigenvalue weighted by atomic mass is 10.1. The van der Waals surface area contributed by atoms with Gasteiger partial charge in [-0.3, -0.25) is 13.9 Å². The van der Waals surface area contributed by atoms with Gasteiger partial charge in [-0.15, -0.1) is 0 Å². The van der Waals surface area contributed by atoms with Crippen molar-refractivity contribution >= 4 is 0 Å². The highest BCUT2D eigenvalue weighted by Gasteiger charge is 2.12. The Morgan fingerprint density at radius 1 is 1.26 bits per heavy atom. The van der Waals surface area contributed by atoms with Gasteiger partial charge in [-0.25, -0.2) is 4.79 Å². The minimum Gasteiger partial charge on any atom is -0.479 e. The molecule has 1 aromatic heterocycles. The van der Waals surface area contributed by atoms with Crippen LogP contribution in [0, 0.1) is 11.3 Å².